The lowest BCUT2D eigenvalue weighted by Gasteiger charge is -2.39. The molecule has 2 atom stereocenters. The van der Waals surface area contributed by atoms with Gasteiger partial charge in [-0.15, -0.1) is 0 Å². The number of ether oxygens (including phenoxy) is 1. The first-order valence-electron chi connectivity index (χ1n) is 8.60. The summed E-state index contributed by atoms with van der Waals surface area (Å²) in [6, 6.07) is 6.16. The number of nitrogens with one attached hydrogen (secondary N) is 1. The van der Waals surface area contributed by atoms with E-state index in [2.05, 4.69) is 4.72 Å². The Kier molecular flexibility index (Phi) is 5.31. The number of benzene rings is 1. The zero-order valence-electron chi connectivity index (χ0n) is 14.6. The van der Waals surface area contributed by atoms with E-state index >= 15 is 0 Å². The van der Waals surface area contributed by atoms with Crippen LogP contribution in [0.4, 0.5) is 0 Å². The predicted molar refractivity (Wildman–Crippen MR) is 94.4 cm³/mol. The molecule has 3 rings (SSSR count). The molecular weight excluding hydrogens is 342 g/mol. The van der Waals surface area contributed by atoms with Gasteiger partial charge in [-0.1, -0.05) is 12.1 Å². The molecule has 1 aromatic carbocycles. The first-order chi connectivity index (χ1) is 11.9. The molecule has 7 nitrogen and oxygen atoms in total. The van der Waals surface area contributed by atoms with Crippen LogP contribution in [-0.4, -0.2) is 56.8 Å². The molecule has 1 amide bonds. The average molecular weight is 367 g/mol. The highest BCUT2D eigenvalue weighted by Crippen LogP contribution is 2.30. The summed E-state index contributed by atoms with van der Waals surface area (Å²) >= 11 is 0. The van der Waals surface area contributed by atoms with E-state index in [1.165, 1.54) is 11.4 Å². The molecule has 0 bridgehead atoms. The van der Waals surface area contributed by atoms with Crippen LogP contribution < -0.4 is 9.46 Å². The molecule has 2 unspecified atom stereocenters. The summed E-state index contributed by atoms with van der Waals surface area (Å²) in [5.74, 6) is 0.565. The number of carbonyl (C=O) groups excluding carboxylic acids is 1. The van der Waals surface area contributed by atoms with Gasteiger partial charge in [0.1, 0.15) is 11.8 Å². The highest BCUT2D eigenvalue weighted by Gasteiger charge is 2.42. The molecule has 2 aliphatic rings. The maximum absolute atomic E-state index is 12.9. The van der Waals surface area contributed by atoms with Gasteiger partial charge in [0.2, 0.25) is 5.91 Å². The number of nitrogens with zero attached hydrogens (tertiary/aromatic N) is 2. The van der Waals surface area contributed by atoms with Crippen LogP contribution in [0.5, 0.6) is 5.75 Å². The lowest BCUT2D eigenvalue weighted by atomic mass is 9.98. The van der Waals surface area contributed by atoms with Crippen LogP contribution in [0.2, 0.25) is 0 Å². The van der Waals surface area contributed by atoms with Gasteiger partial charge < -0.3 is 9.64 Å². The first kappa shape index (κ1) is 18.2. The van der Waals surface area contributed by atoms with Crippen molar-refractivity contribution in [3.05, 3.63) is 29.8 Å². The van der Waals surface area contributed by atoms with Crippen LogP contribution in [-0.2, 0) is 15.0 Å². The summed E-state index contributed by atoms with van der Waals surface area (Å²) in [7, 11) is -0.677. The Morgan fingerprint density at radius 1 is 1.24 bits per heavy atom. The Morgan fingerprint density at radius 2 is 1.96 bits per heavy atom. The average Bonchev–Trinajstić information content (AvgIpc) is 2.64. The fourth-order valence-electron chi connectivity index (χ4n) is 3.49. The number of rotatable bonds is 3. The molecule has 2 fully saturated rings. The van der Waals surface area contributed by atoms with Gasteiger partial charge in [-0.25, -0.2) is 0 Å². The second-order valence-electron chi connectivity index (χ2n) is 6.61. The normalized spacial score (nSPS) is 27.0. The molecule has 2 aliphatic heterocycles. The number of hydrogen-bond donors (Lipinski definition) is 1. The fraction of sp³-hybridized carbons (Fsp3) is 0.588. The minimum Gasteiger partial charge on any atom is -0.497 e. The van der Waals surface area contributed by atoms with Crippen molar-refractivity contribution in [1.82, 2.24) is 13.9 Å². The third-order valence-corrected chi connectivity index (χ3v) is 6.61. The van der Waals surface area contributed by atoms with Gasteiger partial charge >= 0.3 is 0 Å². The highest BCUT2D eigenvalue weighted by molar-refractivity contribution is 7.87. The Morgan fingerprint density at radius 3 is 2.64 bits per heavy atom. The van der Waals surface area contributed by atoms with Crippen molar-refractivity contribution < 1.29 is 17.9 Å². The largest absolute Gasteiger partial charge is 0.497 e. The number of amides is 1. The summed E-state index contributed by atoms with van der Waals surface area (Å²) in [6.45, 7) is 1.42. The Bertz CT molecular complexity index is 731. The third kappa shape index (κ3) is 3.80. The maximum Gasteiger partial charge on any atom is 0.280 e. The molecule has 1 aromatic rings. The van der Waals surface area contributed by atoms with E-state index in [1.807, 2.05) is 18.2 Å². The second-order valence-corrected chi connectivity index (χ2v) is 8.37. The van der Waals surface area contributed by atoms with E-state index < -0.39 is 22.3 Å². The topological polar surface area (TPSA) is 79.0 Å². The number of likely N-dealkylation sites (tertiary alicyclic amines) is 1. The highest BCUT2D eigenvalue weighted by atomic mass is 32.2. The number of hydrogen-bond acceptors (Lipinski definition) is 4. The third-order valence-electron chi connectivity index (χ3n) is 5.02. The van der Waals surface area contributed by atoms with Crippen molar-refractivity contribution in [3.63, 3.8) is 0 Å². The van der Waals surface area contributed by atoms with Gasteiger partial charge in [0, 0.05) is 20.1 Å². The van der Waals surface area contributed by atoms with Crippen LogP contribution in [0, 0.1) is 0 Å². The molecule has 8 heteroatoms. The molecule has 0 aliphatic carbocycles. The zero-order chi connectivity index (χ0) is 18.0. The van der Waals surface area contributed by atoms with E-state index in [1.54, 1.807) is 18.1 Å². The fourth-order valence-corrected chi connectivity index (χ4v) is 4.76. The van der Waals surface area contributed by atoms with Gasteiger partial charge in [-0.3, -0.25) is 4.79 Å². The number of carbonyl (C=O) groups is 1. The Hall–Kier alpha value is -1.64. The molecule has 0 radical (unpaired) electrons. The minimum atomic E-state index is -3.72. The van der Waals surface area contributed by atoms with Gasteiger partial charge in [-0.2, -0.15) is 17.4 Å². The zero-order valence-corrected chi connectivity index (χ0v) is 15.5. The lowest BCUT2D eigenvalue weighted by Crippen LogP contribution is -2.58. The lowest BCUT2D eigenvalue weighted by molar-refractivity contribution is -0.136. The minimum absolute atomic E-state index is 0.0971. The van der Waals surface area contributed by atoms with E-state index in [0.717, 1.165) is 24.8 Å². The van der Waals surface area contributed by atoms with Crippen LogP contribution in [0.25, 0.3) is 0 Å². The Labute approximate surface area is 149 Å². The summed E-state index contributed by atoms with van der Waals surface area (Å²) in [5, 5.41) is 0. The van der Waals surface area contributed by atoms with Crippen LogP contribution in [0.15, 0.2) is 24.3 Å². The summed E-state index contributed by atoms with van der Waals surface area (Å²) in [6.07, 6.45) is 3.48. The van der Waals surface area contributed by atoms with Gasteiger partial charge in [0.25, 0.3) is 10.2 Å². The first-order valence-corrected chi connectivity index (χ1v) is 10.0. The molecule has 2 saturated heterocycles. The van der Waals surface area contributed by atoms with Crippen molar-refractivity contribution in [2.45, 2.75) is 37.8 Å². The van der Waals surface area contributed by atoms with Crippen LogP contribution in [0.1, 0.15) is 37.3 Å². The van der Waals surface area contributed by atoms with Gasteiger partial charge in [0.05, 0.1) is 13.2 Å². The van der Waals surface area contributed by atoms with Crippen molar-refractivity contribution in [1.29, 1.82) is 0 Å². The quantitative estimate of drug-likeness (QED) is 0.873. The molecular formula is C17H25N3O4S. The van der Waals surface area contributed by atoms with E-state index in [9.17, 15) is 13.2 Å². The molecule has 1 N–H and O–H groups in total. The molecule has 138 valence electrons. The van der Waals surface area contributed by atoms with Crippen molar-refractivity contribution in [2.24, 2.45) is 0 Å². The molecule has 25 heavy (non-hydrogen) atoms. The smallest absolute Gasteiger partial charge is 0.280 e. The van der Waals surface area contributed by atoms with Crippen LogP contribution in [0.3, 0.4) is 0 Å². The Balaban J connectivity index is 1.86. The van der Waals surface area contributed by atoms with E-state index in [4.69, 9.17) is 4.74 Å². The van der Waals surface area contributed by atoms with E-state index in [0.29, 0.717) is 25.3 Å². The van der Waals surface area contributed by atoms with Crippen molar-refractivity contribution in [2.75, 3.05) is 27.2 Å². The van der Waals surface area contributed by atoms with Crippen molar-refractivity contribution >= 4 is 16.1 Å². The van der Waals surface area contributed by atoms with Gasteiger partial charge in [-0.05, 0) is 43.4 Å². The van der Waals surface area contributed by atoms with Crippen molar-refractivity contribution in [3.8, 4) is 5.75 Å². The molecule has 0 aromatic heterocycles. The summed E-state index contributed by atoms with van der Waals surface area (Å²) in [5.41, 5.74) is 0.799. The number of likely N-dealkylation sites (N-methyl/N-ethyl adjacent to an activating group) is 1. The number of piperidine rings is 1. The summed E-state index contributed by atoms with van der Waals surface area (Å²) in [4.78, 5) is 14.7. The van der Waals surface area contributed by atoms with Crippen LogP contribution >= 0.6 is 0 Å². The molecule has 2 heterocycles. The maximum atomic E-state index is 12.9. The van der Waals surface area contributed by atoms with Gasteiger partial charge in [0.15, 0.2) is 0 Å². The second kappa shape index (κ2) is 7.31. The standard InChI is InChI=1S/C17H25N3O4S/c1-19-16(17(21)20-9-4-3-5-10-20)12-15(18-25(19,22)23)13-7-6-8-14(11-13)24-2/h6-8,11,15-16,18H,3-5,9-10,12H2,1-2H3. The SMILES string of the molecule is COc1cccc(C2CC(C(=O)N3CCCCC3)N(C)S(=O)(=O)N2)c1. The predicted octanol–water partition coefficient (Wildman–Crippen LogP) is 1.29. The molecule has 0 saturated carbocycles. The van der Waals surface area contributed by atoms with E-state index in [-0.39, 0.29) is 5.91 Å². The molecule has 0 spiro atoms. The monoisotopic (exact) mass is 367 g/mol. The number of methoxy groups -OCH3 is 1. The summed E-state index contributed by atoms with van der Waals surface area (Å²) < 4.78 is 34.1.